The molecule has 126 valence electrons. The Balaban J connectivity index is 1.73. The largest absolute Gasteiger partial charge is 0.336 e. The van der Waals surface area contributed by atoms with E-state index in [1.165, 1.54) is 30.3 Å². The van der Waals surface area contributed by atoms with Gasteiger partial charge in [-0.25, -0.2) is 8.78 Å². The van der Waals surface area contributed by atoms with Gasteiger partial charge in [0.25, 0.3) is 5.91 Å². The molecule has 0 aliphatic rings. The lowest BCUT2D eigenvalue weighted by atomic mass is 10.2. The molecule has 8 heteroatoms. The summed E-state index contributed by atoms with van der Waals surface area (Å²) in [4.78, 5) is 12.1. The summed E-state index contributed by atoms with van der Waals surface area (Å²) in [6.45, 7) is 0. The van der Waals surface area contributed by atoms with Crippen LogP contribution in [0, 0.1) is 11.6 Å². The van der Waals surface area contributed by atoms with Crippen LogP contribution in [-0.2, 0) is 0 Å². The van der Waals surface area contributed by atoms with Crippen LogP contribution in [0.25, 0.3) is 0 Å². The summed E-state index contributed by atoms with van der Waals surface area (Å²) in [6, 6.07) is 13.0. The maximum Gasteiger partial charge on any atom is 0.261 e. The number of para-hydroxylation sites is 1. The fourth-order valence-electron chi connectivity index (χ4n) is 2.06. The molecule has 2 aromatic carbocycles. The smallest absolute Gasteiger partial charge is 0.261 e. The molecule has 0 atom stereocenters. The van der Waals surface area contributed by atoms with Crippen LogP contribution < -0.4 is 10.6 Å². The molecule has 0 bridgehead atoms. The highest BCUT2D eigenvalue weighted by molar-refractivity contribution is 6.34. The van der Waals surface area contributed by atoms with Crippen LogP contribution in [0.2, 0.25) is 5.02 Å². The molecule has 5 nitrogen and oxygen atoms in total. The number of carbonyl (C=O) groups is 1. The van der Waals surface area contributed by atoms with E-state index in [-0.39, 0.29) is 27.9 Å². The molecule has 0 unspecified atom stereocenters. The molecule has 25 heavy (non-hydrogen) atoms. The van der Waals surface area contributed by atoms with Gasteiger partial charge in [0.1, 0.15) is 11.6 Å². The van der Waals surface area contributed by atoms with Crippen molar-refractivity contribution in [3.63, 3.8) is 0 Å². The van der Waals surface area contributed by atoms with E-state index in [1.54, 1.807) is 18.2 Å². The van der Waals surface area contributed by atoms with Crippen LogP contribution in [0.4, 0.5) is 26.1 Å². The van der Waals surface area contributed by atoms with Crippen LogP contribution in [0.15, 0.2) is 54.6 Å². The van der Waals surface area contributed by atoms with Gasteiger partial charge in [0.05, 0.1) is 16.3 Å². The second-order valence-electron chi connectivity index (χ2n) is 4.96. The van der Waals surface area contributed by atoms with E-state index < -0.39 is 17.5 Å². The van der Waals surface area contributed by atoms with E-state index in [1.807, 2.05) is 0 Å². The van der Waals surface area contributed by atoms with Crippen molar-refractivity contribution < 1.29 is 13.6 Å². The Labute approximate surface area is 146 Å². The number of hydrogen-bond donors (Lipinski definition) is 2. The van der Waals surface area contributed by atoms with Crippen molar-refractivity contribution in [1.29, 1.82) is 0 Å². The molecule has 0 aliphatic carbocycles. The zero-order chi connectivity index (χ0) is 17.8. The molecule has 2 N–H and O–H groups in total. The minimum Gasteiger partial charge on any atom is -0.336 e. The summed E-state index contributed by atoms with van der Waals surface area (Å²) in [5.41, 5.74) is -0.0359. The molecular weight excluding hydrogens is 350 g/mol. The highest BCUT2D eigenvalue weighted by Gasteiger charge is 2.16. The third-order valence-corrected chi connectivity index (χ3v) is 3.55. The molecule has 0 aliphatic heterocycles. The number of benzene rings is 2. The Morgan fingerprint density at radius 1 is 0.880 bits per heavy atom. The Morgan fingerprint density at radius 3 is 2.24 bits per heavy atom. The van der Waals surface area contributed by atoms with Gasteiger partial charge in [0.15, 0.2) is 11.6 Å². The summed E-state index contributed by atoms with van der Waals surface area (Å²) in [7, 11) is 0. The lowest BCUT2D eigenvalue weighted by Gasteiger charge is -2.08. The number of amides is 1. The number of aromatic nitrogens is 2. The van der Waals surface area contributed by atoms with E-state index >= 15 is 0 Å². The first-order valence-corrected chi connectivity index (χ1v) is 7.53. The summed E-state index contributed by atoms with van der Waals surface area (Å²) < 4.78 is 27.3. The molecule has 0 radical (unpaired) electrons. The van der Waals surface area contributed by atoms with Crippen LogP contribution in [0.5, 0.6) is 0 Å². The first-order chi connectivity index (χ1) is 12.0. The van der Waals surface area contributed by atoms with Crippen molar-refractivity contribution in [2.45, 2.75) is 0 Å². The van der Waals surface area contributed by atoms with E-state index in [0.717, 1.165) is 6.07 Å². The van der Waals surface area contributed by atoms with Gasteiger partial charge in [-0.1, -0.05) is 29.8 Å². The second-order valence-corrected chi connectivity index (χ2v) is 5.37. The van der Waals surface area contributed by atoms with Gasteiger partial charge in [0.2, 0.25) is 0 Å². The van der Waals surface area contributed by atoms with Crippen molar-refractivity contribution in [3.05, 3.63) is 76.8 Å². The van der Waals surface area contributed by atoms with E-state index in [2.05, 4.69) is 20.8 Å². The summed E-state index contributed by atoms with van der Waals surface area (Å²) in [5, 5.41) is 12.8. The quantitative estimate of drug-likeness (QED) is 0.723. The first kappa shape index (κ1) is 16.8. The third kappa shape index (κ3) is 3.89. The molecular formula is C17H11ClF2N4O. The maximum atomic E-state index is 13.7. The summed E-state index contributed by atoms with van der Waals surface area (Å²) in [5.74, 6) is -1.53. The topological polar surface area (TPSA) is 66.9 Å². The Hall–Kier alpha value is -3.06. The fourth-order valence-corrected chi connectivity index (χ4v) is 2.31. The zero-order valence-electron chi connectivity index (χ0n) is 12.6. The van der Waals surface area contributed by atoms with Crippen LogP contribution in [0.1, 0.15) is 10.4 Å². The van der Waals surface area contributed by atoms with Crippen molar-refractivity contribution in [2.75, 3.05) is 10.6 Å². The minimum atomic E-state index is -0.743. The minimum absolute atomic E-state index is 0.0108. The number of hydrogen-bond acceptors (Lipinski definition) is 4. The van der Waals surface area contributed by atoms with Crippen molar-refractivity contribution >= 4 is 34.8 Å². The average molecular weight is 361 g/mol. The standard InChI is InChI=1S/C17H11ClF2N4O/c18-10-4-3-6-12(20)16(10)17(25)22-15-9-8-14(23-24-15)21-13-7-2-1-5-11(13)19/h1-9H,(H,21,23)(H,22,24,25). The monoisotopic (exact) mass is 360 g/mol. The first-order valence-electron chi connectivity index (χ1n) is 7.15. The number of nitrogens with zero attached hydrogens (tertiary/aromatic N) is 2. The predicted molar refractivity (Wildman–Crippen MR) is 91.1 cm³/mol. The molecule has 0 spiro atoms. The highest BCUT2D eigenvalue weighted by atomic mass is 35.5. The fraction of sp³-hybridized carbons (Fsp3) is 0. The van der Waals surface area contributed by atoms with Gasteiger partial charge < -0.3 is 10.6 Å². The van der Waals surface area contributed by atoms with Crippen molar-refractivity contribution in [1.82, 2.24) is 10.2 Å². The second kappa shape index (κ2) is 7.23. The Bertz CT molecular complexity index is 899. The molecule has 1 amide bonds. The zero-order valence-corrected chi connectivity index (χ0v) is 13.4. The number of carbonyl (C=O) groups excluding carboxylic acids is 1. The summed E-state index contributed by atoms with van der Waals surface area (Å²) in [6.07, 6.45) is 0. The van der Waals surface area contributed by atoms with Crippen molar-refractivity contribution in [3.8, 4) is 0 Å². The third-order valence-electron chi connectivity index (χ3n) is 3.23. The number of halogens is 3. The van der Waals surface area contributed by atoms with Crippen LogP contribution >= 0.6 is 11.6 Å². The van der Waals surface area contributed by atoms with Crippen LogP contribution in [-0.4, -0.2) is 16.1 Å². The highest BCUT2D eigenvalue weighted by Crippen LogP contribution is 2.21. The van der Waals surface area contributed by atoms with Gasteiger partial charge in [-0.15, -0.1) is 10.2 Å². The molecule has 3 rings (SSSR count). The van der Waals surface area contributed by atoms with E-state index in [4.69, 9.17) is 11.6 Å². The van der Waals surface area contributed by atoms with Gasteiger partial charge in [-0.05, 0) is 36.4 Å². The van der Waals surface area contributed by atoms with E-state index in [0.29, 0.717) is 0 Å². The normalized spacial score (nSPS) is 10.4. The lowest BCUT2D eigenvalue weighted by Crippen LogP contribution is -2.15. The lowest BCUT2D eigenvalue weighted by molar-refractivity contribution is 0.102. The SMILES string of the molecule is O=C(Nc1ccc(Nc2ccccc2F)nn1)c1c(F)cccc1Cl. The molecule has 1 heterocycles. The molecule has 3 aromatic rings. The van der Waals surface area contributed by atoms with Gasteiger partial charge >= 0.3 is 0 Å². The molecule has 0 saturated heterocycles. The van der Waals surface area contributed by atoms with Gasteiger partial charge in [-0.2, -0.15) is 0 Å². The Kier molecular flexibility index (Phi) is 4.85. The Morgan fingerprint density at radius 2 is 1.56 bits per heavy atom. The number of anilines is 3. The maximum absolute atomic E-state index is 13.7. The van der Waals surface area contributed by atoms with Crippen LogP contribution in [0.3, 0.4) is 0 Å². The van der Waals surface area contributed by atoms with Gasteiger partial charge in [0, 0.05) is 0 Å². The summed E-state index contributed by atoms with van der Waals surface area (Å²) >= 11 is 5.84. The molecule has 0 saturated carbocycles. The van der Waals surface area contributed by atoms with Gasteiger partial charge in [-0.3, -0.25) is 4.79 Å². The number of nitrogens with one attached hydrogen (secondary N) is 2. The predicted octanol–water partition coefficient (Wildman–Crippen LogP) is 4.40. The number of rotatable bonds is 4. The molecule has 0 fully saturated rings. The molecule has 1 aromatic heterocycles. The van der Waals surface area contributed by atoms with E-state index in [9.17, 15) is 13.6 Å². The average Bonchev–Trinajstić information content (AvgIpc) is 2.58. The van der Waals surface area contributed by atoms with Crippen molar-refractivity contribution in [2.24, 2.45) is 0 Å².